The first kappa shape index (κ1) is 12.9. The van der Waals surface area contributed by atoms with Crippen molar-refractivity contribution in [3.63, 3.8) is 0 Å². The number of hydrogen-bond acceptors (Lipinski definition) is 4. The van der Waals surface area contributed by atoms with E-state index in [0.717, 1.165) is 0 Å². The van der Waals surface area contributed by atoms with E-state index in [1.54, 1.807) is 0 Å². The van der Waals surface area contributed by atoms with Gasteiger partial charge in [0.2, 0.25) is 0 Å². The molecule has 0 unspecified atom stereocenters. The number of pyridine rings is 2. The SMILES string of the molecule is ON=C(c1ccccn1)c1c(F)c(F)nc(F)c1F. The zero-order valence-corrected chi connectivity index (χ0v) is 9.11. The van der Waals surface area contributed by atoms with Crippen molar-refractivity contribution in [3.05, 3.63) is 59.2 Å². The molecule has 0 aliphatic heterocycles. The maximum atomic E-state index is 13.5. The molecule has 2 aromatic rings. The Bertz CT molecular complexity index is 620. The summed E-state index contributed by atoms with van der Waals surface area (Å²) in [4.78, 5) is 6.08. The molecule has 1 N–H and O–H groups in total. The van der Waals surface area contributed by atoms with Crippen LogP contribution < -0.4 is 0 Å². The summed E-state index contributed by atoms with van der Waals surface area (Å²) in [5, 5.41) is 11.5. The van der Waals surface area contributed by atoms with E-state index in [-0.39, 0.29) is 5.69 Å². The average molecular weight is 271 g/mol. The molecule has 0 spiro atoms. The van der Waals surface area contributed by atoms with Gasteiger partial charge in [-0.3, -0.25) is 4.98 Å². The third-order valence-corrected chi connectivity index (χ3v) is 2.24. The van der Waals surface area contributed by atoms with Gasteiger partial charge in [0.25, 0.3) is 11.9 Å². The molecule has 0 amide bonds. The first-order valence-electron chi connectivity index (χ1n) is 4.90. The highest BCUT2D eigenvalue weighted by Gasteiger charge is 2.26. The number of aromatic nitrogens is 2. The Morgan fingerprint density at radius 1 is 1.05 bits per heavy atom. The van der Waals surface area contributed by atoms with E-state index in [1.807, 2.05) is 0 Å². The topological polar surface area (TPSA) is 58.4 Å². The minimum Gasteiger partial charge on any atom is -0.410 e. The smallest absolute Gasteiger partial charge is 0.252 e. The van der Waals surface area contributed by atoms with Gasteiger partial charge in [-0.2, -0.15) is 13.8 Å². The van der Waals surface area contributed by atoms with Gasteiger partial charge in [-0.1, -0.05) is 11.2 Å². The first-order valence-corrected chi connectivity index (χ1v) is 4.90. The second-order valence-electron chi connectivity index (χ2n) is 3.36. The molecule has 2 aromatic heterocycles. The highest BCUT2D eigenvalue weighted by atomic mass is 19.2. The molecule has 0 saturated carbocycles. The van der Waals surface area contributed by atoms with Crippen LogP contribution in [0.3, 0.4) is 0 Å². The molecule has 0 radical (unpaired) electrons. The van der Waals surface area contributed by atoms with Crippen LogP contribution in [0.1, 0.15) is 11.3 Å². The second-order valence-corrected chi connectivity index (χ2v) is 3.36. The van der Waals surface area contributed by atoms with Crippen molar-refractivity contribution in [1.29, 1.82) is 0 Å². The predicted molar refractivity (Wildman–Crippen MR) is 55.7 cm³/mol. The van der Waals surface area contributed by atoms with E-state index >= 15 is 0 Å². The maximum absolute atomic E-state index is 13.5. The molecule has 0 fully saturated rings. The number of oxime groups is 1. The summed E-state index contributed by atoms with van der Waals surface area (Å²) in [6, 6.07) is 4.19. The lowest BCUT2D eigenvalue weighted by atomic mass is 10.1. The molecule has 0 aliphatic carbocycles. The Morgan fingerprint density at radius 2 is 1.68 bits per heavy atom. The lowest BCUT2D eigenvalue weighted by Gasteiger charge is -2.07. The molecular weight excluding hydrogens is 266 g/mol. The van der Waals surface area contributed by atoms with Gasteiger partial charge in [-0.15, -0.1) is 0 Å². The molecule has 0 saturated heterocycles. The summed E-state index contributed by atoms with van der Waals surface area (Å²) in [6.45, 7) is 0. The average Bonchev–Trinajstić information content (AvgIpc) is 2.42. The molecule has 98 valence electrons. The van der Waals surface area contributed by atoms with Crippen molar-refractivity contribution < 1.29 is 22.8 Å². The van der Waals surface area contributed by atoms with Crippen molar-refractivity contribution in [1.82, 2.24) is 9.97 Å². The molecule has 2 rings (SSSR count). The molecule has 2 heterocycles. The minimum absolute atomic E-state index is 0.159. The zero-order chi connectivity index (χ0) is 14.0. The number of hydrogen-bond donors (Lipinski definition) is 1. The van der Waals surface area contributed by atoms with Crippen molar-refractivity contribution in [2.75, 3.05) is 0 Å². The molecular formula is C11H5F4N3O. The van der Waals surface area contributed by atoms with Crippen molar-refractivity contribution in [3.8, 4) is 0 Å². The summed E-state index contributed by atoms with van der Waals surface area (Å²) in [6.07, 6.45) is 1.25. The van der Waals surface area contributed by atoms with Crippen molar-refractivity contribution in [2.24, 2.45) is 5.16 Å². The Labute approximate surface area is 104 Å². The van der Waals surface area contributed by atoms with Gasteiger partial charge in [-0.25, -0.2) is 8.78 Å². The van der Waals surface area contributed by atoms with Crippen LogP contribution in [-0.2, 0) is 0 Å². The molecule has 8 heteroatoms. The third-order valence-electron chi connectivity index (χ3n) is 2.24. The van der Waals surface area contributed by atoms with Crippen LogP contribution in [0.5, 0.6) is 0 Å². The second kappa shape index (κ2) is 5.01. The van der Waals surface area contributed by atoms with E-state index in [2.05, 4.69) is 15.1 Å². The summed E-state index contributed by atoms with van der Waals surface area (Å²) in [5.41, 5.74) is -2.07. The van der Waals surface area contributed by atoms with Gasteiger partial charge in [0.05, 0.1) is 11.3 Å². The minimum atomic E-state index is -1.84. The zero-order valence-electron chi connectivity index (χ0n) is 9.11. The van der Waals surface area contributed by atoms with Crippen molar-refractivity contribution >= 4 is 5.71 Å². The van der Waals surface area contributed by atoms with E-state index < -0.39 is 34.8 Å². The molecule has 0 aliphatic rings. The largest absolute Gasteiger partial charge is 0.410 e. The fraction of sp³-hybridized carbons (Fsp3) is 0. The monoisotopic (exact) mass is 271 g/mol. The van der Waals surface area contributed by atoms with Crippen LogP contribution in [0, 0.1) is 23.5 Å². The van der Waals surface area contributed by atoms with Gasteiger partial charge in [-0.05, 0) is 12.1 Å². The van der Waals surface area contributed by atoms with Gasteiger partial charge >= 0.3 is 0 Å². The first-order chi connectivity index (χ1) is 9.06. The highest BCUT2D eigenvalue weighted by molar-refractivity contribution is 6.11. The van der Waals surface area contributed by atoms with E-state index in [0.29, 0.717) is 0 Å². The van der Waals surface area contributed by atoms with E-state index in [4.69, 9.17) is 5.21 Å². The normalized spacial score (nSPS) is 11.7. The van der Waals surface area contributed by atoms with Gasteiger partial charge in [0.1, 0.15) is 5.71 Å². The Hall–Kier alpha value is -2.51. The van der Waals surface area contributed by atoms with E-state index in [9.17, 15) is 17.6 Å². The maximum Gasteiger partial charge on any atom is 0.252 e. The van der Waals surface area contributed by atoms with Crippen LogP contribution in [0.2, 0.25) is 0 Å². The van der Waals surface area contributed by atoms with E-state index in [1.165, 1.54) is 24.4 Å². The lowest BCUT2D eigenvalue weighted by Crippen LogP contribution is -2.15. The standard InChI is InChI=1S/C11H5F4N3O/c12-7-6(8(13)11(15)17-10(7)14)9(18-19)5-3-1-2-4-16-5/h1-4,19H. The third kappa shape index (κ3) is 2.24. The fourth-order valence-electron chi connectivity index (χ4n) is 1.43. The summed E-state index contributed by atoms with van der Waals surface area (Å²) in [5.74, 6) is -7.22. The number of rotatable bonds is 2. The molecule has 19 heavy (non-hydrogen) atoms. The highest BCUT2D eigenvalue weighted by Crippen LogP contribution is 2.20. The predicted octanol–water partition coefficient (Wildman–Crippen LogP) is 2.26. The number of nitrogens with zero attached hydrogens (tertiary/aromatic N) is 3. The van der Waals surface area contributed by atoms with Crippen molar-refractivity contribution in [2.45, 2.75) is 0 Å². The summed E-state index contributed by atoms with van der Waals surface area (Å²) < 4.78 is 53.0. The lowest BCUT2D eigenvalue weighted by molar-refractivity contribution is 0.318. The molecule has 0 bridgehead atoms. The van der Waals surface area contributed by atoms with Gasteiger partial charge < -0.3 is 5.21 Å². The van der Waals surface area contributed by atoms with Crippen LogP contribution in [-0.4, -0.2) is 20.9 Å². The molecule has 0 aromatic carbocycles. The number of halogens is 4. The molecule has 4 nitrogen and oxygen atoms in total. The summed E-state index contributed by atoms with van der Waals surface area (Å²) >= 11 is 0. The fourth-order valence-corrected chi connectivity index (χ4v) is 1.43. The van der Waals surface area contributed by atoms with Crippen LogP contribution in [0.4, 0.5) is 17.6 Å². The van der Waals surface area contributed by atoms with Gasteiger partial charge in [0, 0.05) is 6.20 Å². The summed E-state index contributed by atoms with van der Waals surface area (Å²) in [7, 11) is 0. The van der Waals surface area contributed by atoms with Crippen LogP contribution >= 0.6 is 0 Å². The van der Waals surface area contributed by atoms with Crippen LogP contribution in [0.15, 0.2) is 29.6 Å². The Balaban J connectivity index is 2.71. The quantitative estimate of drug-likeness (QED) is 0.299. The Morgan fingerprint density at radius 3 is 2.16 bits per heavy atom. The van der Waals surface area contributed by atoms with Gasteiger partial charge in [0.15, 0.2) is 11.6 Å². The van der Waals surface area contributed by atoms with Crippen LogP contribution in [0.25, 0.3) is 0 Å². The molecule has 0 atom stereocenters. The Kier molecular flexibility index (Phi) is 3.41.